The molecule has 170 valence electrons. The number of aromatic nitrogens is 2. The van der Waals surface area contributed by atoms with E-state index in [0.29, 0.717) is 30.6 Å². The van der Waals surface area contributed by atoms with E-state index in [2.05, 4.69) is 45.3 Å². The summed E-state index contributed by atoms with van der Waals surface area (Å²) in [6, 6.07) is 8.35. The average molecular weight is 453 g/mol. The SMILES string of the molecule is Cc1sc2nc(CCC(=O)NCc3ccccc3CN3CCCC(C)C3)[nH]c(=O)c2c1C. The summed E-state index contributed by atoms with van der Waals surface area (Å²) in [4.78, 5) is 36.7. The van der Waals surface area contributed by atoms with Crippen LogP contribution >= 0.6 is 11.3 Å². The van der Waals surface area contributed by atoms with E-state index in [-0.39, 0.29) is 11.5 Å². The molecule has 3 aromatic rings. The fourth-order valence-corrected chi connectivity index (χ4v) is 5.54. The zero-order valence-electron chi connectivity index (χ0n) is 19.2. The second-order valence-corrected chi connectivity index (χ2v) is 10.2. The highest BCUT2D eigenvalue weighted by Crippen LogP contribution is 2.25. The predicted molar refractivity (Wildman–Crippen MR) is 130 cm³/mol. The first-order valence-corrected chi connectivity index (χ1v) is 12.3. The van der Waals surface area contributed by atoms with Crippen molar-refractivity contribution in [3.8, 4) is 0 Å². The number of aryl methyl sites for hydroxylation is 3. The van der Waals surface area contributed by atoms with E-state index in [1.807, 2.05) is 19.9 Å². The Balaban J connectivity index is 1.34. The van der Waals surface area contributed by atoms with Crippen LogP contribution in [0.5, 0.6) is 0 Å². The molecule has 1 fully saturated rings. The van der Waals surface area contributed by atoms with Crippen LogP contribution < -0.4 is 10.9 Å². The highest BCUT2D eigenvalue weighted by molar-refractivity contribution is 7.18. The maximum atomic E-state index is 12.5. The number of nitrogens with one attached hydrogen (secondary N) is 2. The molecule has 1 aliphatic rings. The Hall–Kier alpha value is -2.51. The van der Waals surface area contributed by atoms with Crippen LogP contribution in [-0.2, 0) is 24.3 Å². The Morgan fingerprint density at radius 2 is 2.06 bits per heavy atom. The van der Waals surface area contributed by atoms with E-state index >= 15 is 0 Å². The monoisotopic (exact) mass is 452 g/mol. The van der Waals surface area contributed by atoms with Crippen LogP contribution in [0.15, 0.2) is 29.1 Å². The van der Waals surface area contributed by atoms with Gasteiger partial charge in [-0.1, -0.05) is 31.2 Å². The van der Waals surface area contributed by atoms with Crippen molar-refractivity contribution in [1.82, 2.24) is 20.2 Å². The van der Waals surface area contributed by atoms with Crippen molar-refractivity contribution >= 4 is 27.5 Å². The molecule has 0 saturated carbocycles. The Kier molecular flexibility index (Phi) is 7.06. The molecule has 1 unspecified atom stereocenters. The minimum atomic E-state index is -0.117. The lowest BCUT2D eigenvalue weighted by Crippen LogP contribution is -2.34. The molecular weight excluding hydrogens is 420 g/mol. The van der Waals surface area contributed by atoms with Crippen molar-refractivity contribution in [3.63, 3.8) is 0 Å². The van der Waals surface area contributed by atoms with Crippen LogP contribution in [0, 0.1) is 19.8 Å². The van der Waals surface area contributed by atoms with Crippen molar-refractivity contribution in [2.45, 2.75) is 59.5 Å². The molecule has 7 heteroatoms. The van der Waals surface area contributed by atoms with Crippen molar-refractivity contribution in [2.24, 2.45) is 5.92 Å². The summed E-state index contributed by atoms with van der Waals surface area (Å²) in [7, 11) is 0. The summed E-state index contributed by atoms with van der Waals surface area (Å²) in [5.74, 6) is 1.28. The number of piperidine rings is 1. The topological polar surface area (TPSA) is 78.1 Å². The van der Waals surface area contributed by atoms with E-state index in [1.54, 1.807) is 0 Å². The van der Waals surface area contributed by atoms with Crippen molar-refractivity contribution in [3.05, 3.63) is 62.0 Å². The molecule has 1 atom stereocenters. The molecule has 6 nitrogen and oxygen atoms in total. The van der Waals surface area contributed by atoms with Gasteiger partial charge in [0.15, 0.2) is 0 Å². The number of hydrogen-bond donors (Lipinski definition) is 2. The summed E-state index contributed by atoms with van der Waals surface area (Å²) >= 11 is 1.53. The summed E-state index contributed by atoms with van der Waals surface area (Å²) < 4.78 is 0. The smallest absolute Gasteiger partial charge is 0.259 e. The van der Waals surface area contributed by atoms with Crippen LogP contribution in [0.25, 0.3) is 10.2 Å². The first-order chi connectivity index (χ1) is 15.4. The van der Waals surface area contributed by atoms with Gasteiger partial charge in [-0.15, -0.1) is 11.3 Å². The van der Waals surface area contributed by atoms with Gasteiger partial charge in [-0.05, 0) is 55.8 Å². The molecule has 0 bridgehead atoms. The highest BCUT2D eigenvalue weighted by Gasteiger charge is 2.17. The lowest BCUT2D eigenvalue weighted by Gasteiger charge is -2.31. The molecule has 2 N–H and O–H groups in total. The van der Waals surface area contributed by atoms with E-state index in [4.69, 9.17) is 0 Å². The molecule has 1 amide bonds. The van der Waals surface area contributed by atoms with Crippen molar-refractivity contribution < 1.29 is 4.79 Å². The number of likely N-dealkylation sites (tertiary alicyclic amines) is 1. The fourth-order valence-electron chi connectivity index (χ4n) is 4.49. The number of amides is 1. The first-order valence-electron chi connectivity index (χ1n) is 11.5. The molecule has 4 rings (SSSR count). The molecule has 0 radical (unpaired) electrons. The first kappa shape index (κ1) is 22.7. The van der Waals surface area contributed by atoms with Gasteiger partial charge < -0.3 is 10.3 Å². The molecule has 0 aliphatic carbocycles. The van der Waals surface area contributed by atoms with Gasteiger partial charge in [0.1, 0.15) is 10.7 Å². The fraction of sp³-hybridized carbons (Fsp3) is 0.480. The minimum Gasteiger partial charge on any atom is -0.352 e. The number of nitrogens with zero attached hydrogens (tertiary/aromatic N) is 2. The van der Waals surface area contributed by atoms with Gasteiger partial charge in [-0.25, -0.2) is 4.98 Å². The molecule has 1 aliphatic heterocycles. The Bertz CT molecular complexity index is 1170. The van der Waals surface area contributed by atoms with E-state index in [9.17, 15) is 9.59 Å². The number of aromatic amines is 1. The third-order valence-electron chi connectivity index (χ3n) is 6.41. The Morgan fingerprint density at radius 3 is 2.84 bits per heavy atom. The van der Waals surface area contributed by atoms with Gasteiger partial charge in [0.05, 0.1) is 5.39 Å². The van der Waals surface area contributed by atoms with Gasteiger partial charge in [0.25, 0.3) is 5.56 Å². The maximum Gasteiger partial charge on any atom is 0.259 e. The van der Waals surface area contributed by atoms with Crippen LogP contribution in [0.2, 0.25) is 0 Å². The number of hydrogen-bond acceptors (Lipinski definition) is 5. The van der Waals surface area contributed by atoms with Crippen LogP contribution in [0.1, 0.15) is 53.6 Å². The van der Waals surface area contributed by atoms with Gasteiger partial charge in [0.2, 0.25) is 5.91 Å². The van der Waals surface area contributed by atoms with Crippen molar-refractivity contribution in [1.29, 1.82) is 0 Å². The second-order valence-electron chi connectivity index (χ2n) is 9.00. The van der Waals surface area contributed by atoms with Gasteiger partial charge >= 0.3 is 0 Å². The normalized spacial score (nSPS) is 17.0. The van der Waals surface area contributed by atoms with Gasteiger partial charge in [-0.3, -0.25) is 14.5 Å². The molecule has 32 heavy (non-hydrogen) atoms. The third-order valence-corrected chi connectivity index (χ3v) is 7.51. The number of fused-ring (bicyclic) bond motifs is 1. The van der Waals surface area contributed by atoms with E-state index in [0.717, 1.165) is 46.4 Å². The number of carbonyl (C=O) groups excluding carboxylic acids is 1. The Morgan fingerprint density at radius 1 is 1.28 bits per heavy atom. The lowest BCUT2D eigenvalue weighted by atomic mass is 9.99. The number of benzene rings is 1. The molecule has 0 spiro atoms. The number of carbonyl (C=O) groups is 1. The number of rotatable bonds is 7. The average Bonchev–Trinajstić information content (AvgIpc) is 3.05. The lowest BCUT2D eigenvalue weighted by molar-refractivity contribution is -0.121. The second kappa shape index (κ2) is 9.96. The zero-order chi connectivity index (χ0) is 22.7. The molecule has 1 aromatic carbocycles. The summed E-state index contributed by atoms with van der Waals surface area (Å²) in [6.07, 6.45) is 3.28. The summed E-state index contributed by atoms with van der Waals surface area (Å²) in [5, 5.41) is 3.71. The maximum absolute atomic E-state index is 12.5. The zero-order valence-corrected chi connectivity index (χ0v) is 20.0. The summed E-state index contributed by atoms with van der Waals surface area (Å²) in [5.41, 5.74) is 3.31. The number of H-pyrrole nitrogens is 1. The quantitative estimate of drug-likeness (QED) is 0.566. The molecule has 1 saturated heterocycles. The van der Waals surface area contributed by atoms with E-state index < -0.39 is 0 Å². The predicted octanol–water partition coefficient (Wildman–Crippen LogP) is 4.08. The van der Waals surface area contributed by atoms with E-state index in [1.165, 1.54) is 29.7 Å². The van der Waals surface area contributed by atoms with Gasteiger partial charge in [-0.2, -0.15) is 0 Å². The highest BCUT2D eigenvalue weighted by atomic mass is 32.1. The standard InChI is InChI=1S/C25H32N4O2S/c1-16-7-6-12-29(14-16)15-20-9-5-4-8-19(20)13-26-22(30)11-10-21-27-24(31)23-17(2)18(3)32-25(23)28-21/h4-5,8-9,16H,6-7,10-15H2,1-3H3,(H,26,30)(H,27,28,31). The molecular formula is C25H32N4O2S. The largest absolute Gasteiger partial charge is 0.352 e. The molecule has 2 aromatic heterocycles. The molecule has 3 heterocycles. The summed E-state index contributed by atoms with van der Waals surface area (Å²) in [6.45, 7) is 9.99. The van der Waals surface area contributed by atoms with Gasteiger partial charge in [0, 0.05) is 37.4 Å². The third kappa shape index (κ3) is 5.27. The number of thiophene rings is 1. The van der Waals surface area contributed by atoms with Crippen LogP contribution in [0.3, 0.4) is 0 Å². The van der Waals surface area contributed by atoms with Crippen LogP contribution in [-0.4, -0.2) is 33.9 Å². The van der Waals surface area contributed by atoms with Crippen LogP contribution in [0.4, 0.5) is 0 Å². The minimum absolute atomic E-state index is 0.0346. The Labute approximate surface area is 193 Å². The van der Waals surface area contributed by atoms with Crippen molar-refractivity contribution in [2.75, 3.05) is 13.1 Å².